The van der Waals surface area contributed by atoms with Gasteiger partial charge in [0.15, 0.2) is 11.6 Å². The van der Waals surface area contributed by atoms with Crippen LogP contribution in [0.1, 0.15) is 16.7 Å². The summed E-state index contributed by atoms with van der Waals surface area (Å²) in [6, 6.07) is 4.57. The third-order valence-electron chi connectivity index (χ3n) is 4.37. The van der Waals surface area contributed by atoms with Crippen LogP contribution in [0.15, 0.2) is 42.9 Å². The molecule has 3 aromatic rings. The van der Waals surface area contributed by atoms with Crippen LogP contribution in [0, 0.1) is 24.4 Å². The lowest BCUT2D eigenvalue weighted by Gasteiger charge is -2.14. The molecule has 0 fully saturated rings. The molecule has 0 atom stereocenters. The molecule has 30 heavy (non-hydrogen) atoms. The number of halogens is 3. The number of benzene rings is 1. The fourth-order valence-corrected chi connectivity index (χ4v) is 3.18. The van der Waals surface area contributed by atoms with Gasteiger partial charge in [0.05, 0.1) is 17.6 Å². The van der Waals surface area contributed by atoms with Crippen molar-refractivity contribution in [1.82, 2.24) is 14.7 Å². The molecule has 3 N–H and O–H groups in total. The van der Waals surface area contributed by atoms with Crippen LogP contribution in [0.3, 0.4) is 0 Å². The molecule has 0 aliphatic carbocycles. The second-order valence-corrected chi connectivity index (χ2v) is 7.96. The Labute approximate surface area is 171 Å². The van der Waals surface area contributed by atoms with Gasteiger partial charge in [-0.15, -0.1) is 0 Å². The van der Waals surface area contributed by atoms with E-state index in [-0.39, 0.29) is 17.7 Å². The summed E-state index contributed by atoms with van der Waals surface area (Å²) in [7, 11) is -2.75. The number of aromatic nitrogens is 2. The third-order valence-corrected chi connectivity index (χ3v) is 5.37. The Balaban J connectivity index is 1.89. The van der Waals surface area contributed by atoms with Crippen LogP contribution in [-0.4, -0.2) is 25.4 Å². The van der Waals surface area contributed by atoms with E-state index in [9.17, 15) is 21.6 Å². The number of rotatable bonds is 7. The summed E-state index contributed by atoms with van der Waals surface area (Å²) in [4.78, 5) is 7.81. The summed E-state index contributed by atoms with van der Waals surface area (Å²) in [5, 5.41) is 2.85. The maximum absolute atomic E-state index is 14.8. The quantitative estimate of drug-likeness (QED) is 0.527. The van der Waals surface area contributed by atoms with Crippen LogP contribution >= 0.6 is 0 Å². The molecule has 7 nitrogen and oxygen atoms in total. The minimum Gasteiger partial charge on any atom is -0.352 e. The largest absolute Gasteiger partial charge is 0.352 e. The molecule has 2 heterocycles. The van der Waals surface area contributed by atoms with E-state index in [1.54, 1.807) is 6.92 Å². The van der Waals surface area contributed by atoms with Crippen molar-refractivity contribution in [3.8, 4) is 0 Å². The van der Waals surface area contributed by atoms with E-state index in [4.69, 9.17) is 0 Å². The van der Waals surface area contributed by atoms with E-state index in [0.29, 0.717) is 16.8 Å². The lowest BCUT2D eigenvalue weighted by molar-refractivity contribution is 0.585. The fourth-order valence-electron chi connectivity index (χ4n) is 2.68. The molecule has 158 valence electrons. The molecule has 0 aliphatic heterocycles. The number of anilines is 3. The second kappa shape index (κ2) is 8.67. The van der Waals surface area contributed by atoms with Crippen molar-refractivity contribution >= 4 is 27.4 Å². The topological polar surface area (TPSA) is 96.0 Å². The highest BCUT2D eigenvalue weighted by atomic mass is 32.2. The highest BCUT2D eigenvalue weighted by Gasteiger charge is 2.17. The molecule has 0 radical (unpaired) electrons. The van der Waals surface area contributed by atoms with Gasteiger partial charge in [-0.3, -0.25) is 9.71 Å². The van der Waals surface area contributed by atoms with Gasteiger partial charge < -0.3 is 5.32 Å². The van der Waals surface area contributed by atoms with E-state index in [1.165, 1.54) is 37.8 Å². The Morgan fingerprint density at radius 2 is 1.80 bits per heavy atom. The molecular formula is C19H18F3N5O2S. The van der Waals surface area contributed by atoms with Gasteiger partial charge in [0, 0.05) is 31.9 Å². The Morgan fingerprint density at radius 3 is 2.50 bits per heavy atom. The van der Waals surface area contributed by atoms with Crippen LogP contribution < -0.4 is 14.8 Å². The summed E-state index contributed by atoms with van der Waals surface area (Å²) in [5.74, 6) is -2.71. The molecule has 0 aliphatic rings. The Bertz CT molecular complexity index is 1190. The maximum atomic E-state index is 14.8. The molecule has 0 amide bonds. The van der Waals surface area contributed by atoms with Gasteiger partial charge >= 0.3 is 0 Å². The Morgan fingerprint density at radius 1 is 1.03 bits per heavy atom. The molecule has 2 aromatic heterocycles. The van der Waals surface area contributed by atoms with Gasteiger partial charge in [0.25, 0.3) is 10.2 Å². The molecule has 1 aromatic carbocycles. The summed E-state index contributed by atoms with van der Waals surface area (Å²) in [6.07, 6.45) is 4.36. The Hall–Kier alpha value is -3.18. The van der Waals surface area contributed by atoms with Crippen LogP contribution in [0.25, 0.3) is 0 Å². The van der Waals surface area contributed by atoms with Gasteiger partial charge in [0.1, 0.15) is 11.6 Å². The summed E-state index contributed by atoms with van der Waals surface area (Å²) in [6.45, 7) is 1.74. The van der Waals surface area contributed by atoms with Crippen molar-refractivity contribution in [3.63, 3.8) is 0 Å². The van der Waals surface area contributed by atoms with Crippen LogP contribution in [-0.2, 0) is 16.6 Å². The predicted octanol–water partition coefficient (Wildman–Crippen LogP) is 3.41. The van der Waals surface area contributed by atoms with E-state index in [1.807, 2.05) is 9.44 Å². The normalized spacial score (nSPS) is 11.4. The first-order chi connectivity index (χ1) is 14.2. The number of hydrogen-bond acceptors (Lipinski definition) is 5. The number of pyridine rings is 2. The monoisotopic (exact) mass is 437 g/mol. The summed E-state index contributed by atoms with van der Waals surface area (Å²) in [5.41, 5.74) is 2.01. The zero-order chi connectivity index (χ0) is 21.9. The first kappa shape index (κ1) is 21.5. The van der Waals surface area contributed by atoms with Gasteiger partial charge in [0.2, 0.25) is 0 Å². The van der Waals surface area contributed by atoms with E-state index in [2.05, 4.69) is 15.3 Å². The average Bonchev–Trinajstić information content (AvgIpc) is 2.69. The molecule has 0 bridgehead atoms. The minimum atomic E-state index is -3.93. The molecule has 0 saturated heterocycles. The fraction of sp³-hybridized carbons (Fsp3) is 0.158. The molecule has 0 unspecified atom stereocenters. The van der Waals surface area contributed by atoms with Crippen molar-refractivity contribution < 1.29 is 21.6 Å². The minimum absolute atomic E-state index is 0.0669. The number of nitrogens with zero attached hydrogens (tertiary/aromatic N) is 2. The molecule has 0 saturated carbocycles. The third kappa shape index (κ3) is 4.86. The number of hydrogen-bond donors (Lipinski definition) is 3. The Kier molecular flexibility index (Phi) is 6.22. The smallest absolute Gasteiger partial charge is 0.300 e. The lowest BCUT2D eigenvalue weighted by Crippen LogP contribution is -2.27. The van der Waals surface area contributed by atoms with Crippen molar-refractivity contribution in [2.24, 2.45) is 0 Å². The highest BCUT2D eigenvalue weighted by Crippen LogP contribution is 2.27. The molecule has 3 rings (SSSR count). The van der Waals surface area contributed by atoms with Gasteiger partial charge in [-0.05, 0) is 41.8 Å². The van der Waals surface area contributed by atoms with Crippen LogP contribution in [0.4, 0.5) is 30.4 Å². The first-order valence-corrected chi connectivity index (χ1v) is 10.2. The maximum Gasteiger partial charge on any atom is 0.300 e. The van der Waals surface area contributed by atoms with E-state index < -0.39 is 33.5 Å². The second-order valence-electron chi connectivity index (χ2n) is 6.34. The van der Waals surface area contributed by atoms with Gasteiger partial charge in [-0.1, -0.05) is 0 Å². The zero-order valence-electron chi connectivity index (χ0n) is 16.0. The lowest BCUT2D eigenvalue weighted by atomic mass is 10.0. The standard InChI is InChI=1S/C19H18F3N5O2S/c1-11-13(7-12-5-6-25-19(18(12)22)27-30(28,29)23-2)9-24-10-17(11)26-16-4-3-14(20)8-15(16)21/h3-6,8-10,23,26H,7H2,1-2H3,(H,25,27). The molecule has 11 heteroatoms. The van der Waals surface area contributed by atoms with Crippen molar-refractivity contribution in [2.75, 3.05) is 17.1 Å². The first-order valence-electron chi connectivity index (χ1n) is 8.70. The van der Waals surface area contributed by atoms with Gasteiger partial charge in [-0.2, -0.15) is 8.42 Å². The van der Waals surface area contributed by atoms with E-state index >= 15 is 0 Å². The van der Waals surface area contributed by atoms with Crippen molar-refractivity contribution in [3.05, 3.63) is 77.0 Å². The van der Waals surface area contributed by atoms with E-state index in [0.717, 1.165) is 12.1 Å². The molecule has 0 spiro atoms. The zero-order valence-corrected chi connectivity index (χ0v) is 16.8. The summed E-state index contributed by atoms with van der Waals surface area (Å²) < 4.78 is 69.0. The van der Waals surface area contributed by atoms with Gasteiger partial charge in [-0.25, -0.2) is 22.9 Å². The predicted molar refractivity (Wildman–Crippen MR) is 107 cm³/mol. The molecular weight excluding hydrogens is 419 g/mol. The summed E-state index contributed by atoms with van der Waals surface area (Å²) >= 11 is 0. The average molecular weight is 437 g/mol. The van der Waals surface area contributed by atoms with Crippen molar-refractivity contribution in [2.45, 2.75) is 13.3 Å². The van der Waals surface area contributed by atoms with Crippen LogP contribution in [0.5, 0.6) is 0 Å². The SMILES string of the molecule is CNS(=O)(=O)Nc1nccc(Cc2cncc(Nc3ccc(F)cc3F)c2C)c1F. The number of nitrogens with one attached hydrogen (secondary N) is 3. The highest BCUT2D eigenvalue weighted by molar-refractivity contribution is 7.90. The van der Waals surface area contributed by atoms with Crippen LogP contribution in [0.2, 0.25) is 0 Å². The van der Waals surface area contributed by atoms with Crippen molar-refractivity contribution in [1.29, 1.82) is 0 Å².